The number of rotatable bonds is 6. The molecule has 0 bridgehead atoms. The van der Waals surface area contributed by atoms with E-state index >= 15 is 0 Å². The van der Waals surface area contributed by atoms with Gasteiger partial charge in [-0.15, -0.1) is 0 Å². The number of hydrogen-bond donors (Lipinski definition) is 2. The molecule has 0 aromatic carbocycles. The third-order valence-electron chi connectivity index (χ3n) is 3.25. The number of amides is 1. The van der Waals surface area contributed by atoms with Crippen LogP contribution in [0.25, 0.3) is 0 Å². The van der Waals surface area contributed by atoms with E-state index in [0.29, 0.717) is 16.4 Å². The van der Waals surface area contributed by atoms with Crippen molar-refractivity contribution in [1.29, 1.82) is 0 Å². The third kappa shape index (κ3) is 4.80. The molecule has 0 spiro atoms. The van der Waals surface area contributed by atoms with Crippen molar-refractivity contribution >= 4 is 17.5 Å². The highest BCUT2D eigenvalue weighted by molar-refractivity contribution is 6.29. The maximum absolute atomic E-state index is 11.9. The average molecular weight is 285 g/mol. The summed E-state index contributed by atoms with van der Waals surface area (Å²) in [6.07, 6.45) is 1.28. The average Bonchev–Trinajstić information content (AvgIpc) is 2.36. The number of nitrogens with one attached hydrogen (secondary N) is 1. The second-order valence-corrected chi connectivity index (χ2v) is 5.06. The first-order valence-electron chi connectivity index (χ1n) is 6.58. The fourth-order valence-corrected chi connectivity index (χ4v) is 2.31. The monoisotopic (exact) mass is 284 g/mol. The summed E-state index contributed by atoms with van der Waals surface area (Å²) >= 11 is 5.81. The van der Waals surface area contributed by atoms with Gasteiger partial charge in [-0.2, -0.15) is 0 Å². The van der Waals surface area contributed by atoms with Gasteiger partial charge in [0.25, 0.3) is 5.91 Å². The number of aryl methyl sites for hydroxylation is 1. The first kappa shape index (κ1) is 15.9. The van der Waals surface area contributed by atoms with E-state index in [2.05, 4.69) is 10.3 Å². The first-order valence-corrected chi connectivity index (χ1v) is 6.96. The number of carbonyl (C=O) groups is 1. The van der Waals surface area contributed by atoms with E-state index in [1.807, 2.05) is 13.8 Å². The van der Waals surface area contributed by atoms with Gasteiger partial charge in [0.2, 0.25) is 0 Å². The van der Waals surface area contributed by atoms with E-state index in [9.17, 15) is 9.90 Å². The van der Waals surface area contributed by atoms with Crippen molar-refractivity contribution in [2.45, 2.75) is 39.7 Å². The molecule has 0 aliphatic heterocycles. The van der Waals surface area contributed by atoms with Gasteiger partial charge in [0.1, 0.15) is 5.15 Å². The zero-order valence-corrected chi connectivity index (χ0v) is 12.4. The highest BCUT2D eigenvalue weighted by Crippen LogP contribution is 2.13. The summed E-state index contributed by atoms with van der Waals surface area (Å²) in [5.41, 5.74) is 1.16. The first-order chi connectivity index (χ1) is 8.97. The zero-order valence-electron chi connectivity index (χ0n) is 11.6. The van der Waals surface area contributed by atoms with Crippen molar-refractivity contribution in [3.05, 3.63) is 28.5 Å². The molecule has 1 heterocycles. The molecule has 0 fully saturated rings. The smallest absolute Gasteiger partial charge is 0.251 e. The Bertz CT molecular complexity index is 413. The van der Waals surface area contributed by atoms with Gasteiger partial charge in [0.05, 0.1) is 6.10 Å². The van der Waals surface area contributed by atoms with Crippen LogP contribution in [-0.4, -0.2) is 28.6 Å². The molecule has 19 heavy (non-hydrogen) atoms. The summed E-state index contributed by atoms with van der Waals surface area (Å²) in [6, 6.07) is 3.19. The molecule has 1 rings (SSSR count). The molecule has 4 nitrogen and oxygen atoms in total. The lowest BCUT2D eigenvalue weighted by molar-refractivity contribution is 0.0816. The maximum atomic E-state index is 11.9. The molecule has 1 atom stereocenters. The second-order valence-electron chi connectivity index (χ2n) is 4.67. The lowest BCUT2D eigenvalue weighted by Gasteiger charge is -2.20. The van der Waals surface area contributed by atoms with Crippen LogP contribution < -0.4 is 5.32 Å². The van der Waals surface area contributed by atoms with Crippen LogP contribution in [0.15, 0.2) is 12.1 Å². The van der Waals surface area contributed by atoms with Crippen LogP contribution in [-0.2, 0) is 0 Å². The SMILES string of the molecule is CCC(CC)C(O)CNC(=O)c1cc(C)nc(Cl)c1. The quantitative estimate of drug-likeness (QED) is 0.789. The molecular formula is C14H21ClN2O2. The number of hydrogen-bond acceptors (Lipinski definition) is 3. The van der Waals surface area contributed by atoms with Gasteiger partial charge < -0.3 is 10.4 Å². The lowest BCUT2D eigenvalue weighted by Crippen LogP contribution is -2.36. The van der Waals surface area contributed by atoms with Crippen LogP contribution in [0.1, 0.15) is 42.7 Å². The highest BCUT2D eigenvalue weighted by atomic mass is 35.5. The fourth-order valence-electron chi connectivity index (χ4n) is 2.06. The molecule has 0 saturated heterocycles. The van der Waals surface area contributed by atoms with Gasteiger partial charge in [-0.25, -0.2) is 4.98 Å². The molecule has 0 aliphatic carbocycles. The zero-order chi connectivity index (χ0) is 14.4. The summed E-state index contributed by atoms with van der Waals surface area (Å²) in [5, 5.41) is 13.0. The minimum atomic E-state index is -0.516. The molecule has 0 saturated carbocycles. The number of aromatic nitrogens is 1. The Morgan fingerprint density at radius 2 is 2.05 bits per heavy atom. The predicted molar refractivity (Wildman–Crippen MR) is 76.4 cm³/mol. The van der Waals surface area contributed by atoms with E-state index in [1.165, 1.54) is 6.07 Å². The Labute approximate surface area is 119 Å². The summed E-state index contributed by atoms with van der Waals surface area (Å²) in [4.78, 5) is 15.9. The van der Waals surface area contributed by atoms with Gasteiger partial charge >= 0.3 is 0 Å². The number of aliphatic hydroxyl groups is 1. The molecular weight excluding hydrogens is 264 g/mol. The number of halogens is 1. The van der Waals surface area contributed by atoms with E-state index in [0.717, 1.165) is 12.8 Å². The molecule has 1 aromatic rings. The fraction of sp³-hybridized carbons (Fsp3) is 0.571. The molecule has 2 N–H and O–H groups in total. The Hall–Kier alpha value is -1.13. The van der Waals surface area contributed by atoms with Crippen LogP contribution in [0.2, 0.25) is 5.15 Å². The van der Waals surface area contributed by atoms with Crippen molar-refractivity contribution in [2.24, 2.45) is 5.92 Å². The molecule has 0 radical (unpaired) electrons. The Morgan fingerprint density at radius 1 is 1.42 bits per heavy atom. The van der Waals surface area contributed by atoms with Crippen LogP contribution in [0.3, 0.4) is 0 Å². The van der Waals surface area contributed by atoms with E-state index in [1.54, 1.807) is 13.0 Å². The van der Waals surface area contributed by atoms with E-state index in [-0.39, 0.29) is 18.4 Å². The summed E-state index contributed by atoms with van der Waals surface area (Å²) in [7, 11) is 0. The van der Waals surface area contributed by atoms with E-state index < -0.39 is 6.10 Å². The Morgan fingerprint density at radius 3 is 2.58 bits per heavy atom. The number of aliphatic hydroxyl groups excluding tert-OH is 1. The predicted octanol–water partition coefficient (Wildman–Crippen LogP) is 2.57. The van der Waals surface area contributed by atoms with Crippen LogP contribution in [0, 0.1) is 12.8 Å². The number of carbonyl (C=O) groups excluding carboxylic acids is 1. The van der Waals surface area contributed by atoms with Crippen LogP contribution in [0.5, 0.6) is 0 Å². The molecule has 1 aromatic heterocycles. The van der Waals surface area contributed by atoms with Crippen LogP contribution in [0.4, 0.5) is 0 Å². The van der Waals surface area contributed by atoms with Gasteiger partial charge in [-0.1, -0.05) is 38.3 Å². The van der Waals surface area contributed by atoms with E-state index in [4.69, 9.17) is 11.6 Å². The second kappa shape index (κ2) is 7.46. The summed E-state index contributed by atoms with van der Waals surface area (Å²) < 4.78 is 0. The van der Waals surface area contributed by atoms with Gasteiger partial charge in [-0.3, -0.25) is 4.79 Å². The largest absolute Gasteiger partial charge is 0.391 e. The molecule has 0 aliphatic rings. The Balaban J connectivity index is 2.60. The normalized spacial score (nSPS) is 12.5. The molecule has 5 heteroatoms. The number of nitrogens with zero attached hydrogens (tertiary/aromatic N) is 1. The molecule has 106 valence electrons. The summed E-state index contributed by atoms with van der Waals surface area (Å²) in [5.74, 6) is -0.0273. The van der Waals surface area contributed by atoms with Gasteiger partial charge in [-0.05, 0) is 25.0 Å². The Kier molecular flexibility index (Phi) is 6.25. The van der Waals surface area contributed by atoms with Gasteiger partial charge in [0, 0.05) is 17.8 Å². The lowest BCUT2D eigenvalue weighted by atomic mass is 9.96. The molecule has 1 amide bonds. The van der Waals surface area contributed by atoms with Crippen molar-refractivity contribution in [3.8, 4) is 0 Å². The van der Waals surface area contributed by atoms with Crippen molar-refractivity contribution in [2.75, 3.05) is 6.54 Å². The van der Waals surface area contributed by atoms with Crippen molar-refractivity contribution in [3.63, 3.8) is 0 Å². The van der Waals surface area contributed by atoms with Crippen LogP contribution >= 0.6 is 11.6 Å². The van der Waals surface area contributed by atoms with Crippen molar-refractivity contribution in [1.82, 2.24) is 10.3 Å². The standard InChI is InChI=1S/C14H21ClN2O2/c1-4-10(5-2)12(18)8-16-14(19)11-6-9(3)17-13(15)7-11/h6-7,10,12,18H,4-5,8H2,1-3H3,(H,16,19). The number of pyridine rings is 1. The molecule has 1 unspecified atom stereocenters. The van der Waals surface area contributed by atoms with Gasteiger partial charge in [0.15, 0.2) is 0 Å². The minimum absolute atomic E-state index is 0.211. The highest BCUT2D eigenvalue weighted by Gasteiger charge is 2.17. The van der Waals surface area contributed by atoms with Crippen molar-refractivity contribution < 1.29 is 9.90 Å². The third-order valence-corrected chi connectivity index (χ3v) is 3.44. The topological polar surface area (TPSA) is 62.2 Å². The maximum Gasteiger partial charge on any atom is 0.251 e. The minimum Gasteiger partial charge on any atom is -0.391 e. The summed E-state index contributed by atoms with van der Waals surface area (Å²) in [6.45, 7) is 6.10.